The molecule has 0 aliphatic carbocycles. The number of rotatable bonds is 0. The molecule has 0 unspecified atom stereocenters. The Labute approximate surface area is 83.9 Å². The topological polar surface area (TPSA) is 12.0 Å². The van der Waals surface area contributed by atoms with Crippen LogP contribution in [0.15, 0.2) is 17.0 Å². The minimum absolute atomic E-state index is 1.11. The van der Waals surface area contributed by atoms with Crippen molar-refractivity contribution in [3.8, 4) is 0 Å². The van der Waals surface area contributed by atoms with Gasteiger partial charge in [0.1, 0.15) is 0 Å². The van der Waals surface area contributed by atoms with E-state index < -0.39 is 0 Å². The van der Waals surface area contributed by atoms with Crippen molar-refractivity contribution in [2.75, 3.05) is 17.6 Å². The van der Waals surface area contributed by atoms with Crippen LogP contribution >= 0.6 is 11.8 Å². The minimum atomic E-state index is 1.11. The molecule has 2 heteroatoms. The molecule has 13 heavy (non-hydrogen) atoms. The van der Waals surface area contributed by atoms with E-state index in [1.54, 1.807) is 0 Å². The molecule has 2 rings (SSSR count). The first-order valence-electron chi connectivity index (χ1n) is 4.75. The van der Waals surface area contributed by atoms with Gasteiger partial charge in [0.05, 0.1) is 0 Å². The van der Waals surface area contributed by atoms with Gasteiger partial charge in [-0.3, -0.25) is 0 Å². The third-order valence-electron chi connectivity index (χ3n) is 2.49. The smallest absolute Gasteiger partial charge is 0.0481 e. The van der Waals surface area contributed by atoms with Gasteiger partial charge in [-0.2, -0.15) is 0 Å². The van der Waals surface area contributed by atoms with Crippen molar-refractivity contribution < 1.29 is 0 Å². The van der Waals surface area contributed by atoms with Gasteiger partial charge in [0.25, 0.3) is 0 Å². The standard InChI is InChI=1S/C11H15NS/c1-8-6-10-11(7-9(8)2)13-5-3-4-12-10/h6-7,12H,3-5H2,1-2H3. The molecule has 70 valence electrons. The highest BCUT2D eigenvalue weighted by Crippen LogP contribution is 2.32. The molecule has 1 heterocycles. The van der Waals surface area contributed by atoms with Crippen molar-refractivity contribution in [1.82, 2.24) is 0 Å². The number of anilines is 1. The van der Waals surface area contributed by atoms with E-state index in [2.05, 4.69) is 31.3 Å². The molecular weight excluding hydrogens is 178 g/mol. The zero-order valence-electron chi connectivity index (χ0n) is 8.18. The lowest BCUT2D eigenvalue weighted by atomic mass is 10.1. The highest BCUT2D eigenvalue weighted by atomic mass is 32.2. The lowest BCUT2D eigenvalue weighted by Gasteiger charge is -2.09. The summed E-state index contributed by atoms with van der Waals surface area (Å²) in [6, 6.07) is 4.57. The molecule has 0 amide bonds. The van der Waals surface area contributed by atoms with Gasteiger partial charge in [-0.05, 0) is 49.3 Å². The highest BCUT2D eigenvalue weighted by Gasteiger charge is 2.08. The van der Waals surface area contributed by atoms with Crippen molar-refractivity contribution in [2.45, 2.75) is 25.2 Å². The molecule has 1 N–H and O–H groups in total. The Morgan fingerprint density at radius 2 is 2.00 bits per heavy atom. The summed E-state index contributed by atoms with van der Waals surface area (Å²) in [4.78, 5) is 1.42. The van der Waals surface area contributed by atoms with E-state index >= 15 is 0 Å². The van der Waals surface area contributed by atoms with Gasteiger partial charge < -0.3 is 5.32 Å². The summed E-state index contributed by atoms with van der Waals surface area (Å²) in [6.07, 6.45) is 1.26. The SMILES string of the molecule is Cc1cc2c(cc1C)SCCCN2. The van der Waals surface area contributed by atoms with E-state index in [0.29, 0.717) is 0 Å². The summed E-state index contributed by atoms with van der Waals surface area (Å²) in [5.74, 6) is 1.24. The van der Waals surface area contributed by atoms with Crippen molar-refractivity contribution in [3.05, 3.63) is 23.3 Å². The summed E-state index contributed by atoms with van der Waals surface area (Å²) < 4.78 is 0. The van der Waals surface area contributed by atoms with Crippen LogP contribution in [0, 0.1) is 13.8 Å². The summed E-state index contributed by atoms with van der Waals surface area (Å²) >= 11 is 1.97. The number of hydrogen-bond acceptors (Lipinski definition) is 2. The number of hydrogen-bond donors (Lipinski definition) is 1. The van der Waals surface area contributed by atoms with E-state index in [9.17, 15) is 0 Å². The van der Waals surface area contributed by atoms with Crippen LogP contribution in [0.25, 0.3) is 0 Å². The summed E-state index contributed by atoms with van der Waals surface area (Å²) in [6.45, 7) is 5.47. The number of nitrogens with one attached hydrogen (secondary N) is 1. The third kappa shape index (κ3) is 1.83. The molecule has 0 fully saturated rings. The zero-order valence-corrected chi connectivity index (χ0v) is 9.00. The summed E-state index contributed by atoms with van der Waals surface area (Å²) in [7, 11) is 0. The molecule has 1 nitrogen and oxygen atoms in total. The second-order valence-electron chi connectivity index (χ2n) is 3.56. The Hall–Kier alpha value is -0.630. The average Bonchev–Trinajstić information content (AvgIpc) is 2.31. The maximum atomic E-state index is 3.47. The van der Waals surface area contributed by atoms with E-state index in [0.717, 1.165) is 6.54 Å². The number of aryl methyl sites for hydroxylation is 2. The van der Waals surface area contributed by atoms with Crippen LogP contribution in [0.3, 0.4) is 0 Å². The van der Waals surface area contributed by atoms with Gasteiger partial charge in [-0.15, -0.1) is 11.8 Å². The Balaban J connectivity index is 2.43. The number of thioether (sulfide) groups is 1. The highest BCUT2D eigenvalue weighted by molar-refractivity contribution is 7.99. The summed E-state index contributed by atoms with van der Waals surface area (Å²) in [5, 5.41) is 3.47. The van der Waals surface area contributed by atoms with Crippen LogP contribution in [0.4, 0.5) is 5.69 Å². The van der Waals surface area contributed by atoms with Crippen LogP contribution in [-0.2, 0) is 0 Å². The molecule has 0 aromatic heterocycles. The Morgan fingerprint density at radius 3 is 2.85 bits per heavy atom. The first kappa shape index (κ1) is 8.95. The van der Waals surface area contributed by atoms with Gasteiger partial charge in [0.15, 0.2) is 0 Å². The zero-order chi connectivity index (χ0) is 9.26. The molecule has 0 saturated carbocycles. The second kappa shape index (κ2) is 3.62. The van der Waals surface area contributed by atoms with Crippen LogP contribution in [0.1, 0.15) is 17.5 Å². The molecule has 0 saturated heterocycles. The first-order chi connectivity index (χ1) is 6.27. The molecule has 0 spiro atoms. The van der Waals surface area contributed by atoms with E-state index in [-0.39, 0.29) is 0 Å². The monoisotopic (exact) mass is 193 g/mol. The van der Waals surface area contributed by atoms with Crippen LogP contribution in [0.5, 0.6) is 0 Å². The van der Waals surface area contributed by atoms with Crippen molar-refractivity contribution in [1.29, 1.82) is 0 Å². The quantitative estimate of drug-likeness (QED) is 0.679. The summed E-state index contributed by atoms with van der Waals surface area (Å²) in [5.41, 5.74) is 4.11. The molecular formula is C11H15NS. The fourth-order valence-electron chi connectivity index (χ4n) is 1.52. The Bertz CT molecular complexity index is 289. The molecule has 0 bridgehead atoms. The molecule has 1 aromatic rings. The van der Waals surface area contributed by atoms with Crippen LogP contribution in [-0.4, -0.2) is 12.3 Å². The second-order valence-corrected chi connectivity index (χ2v) is 4.70. The van der Waals surface area contributed by atoms with Crippen molar-refractivity contribution >= 4 is 17.4 Å². The van der Waals surface area contributed by atoms with Gasteiger partial charge in [-0.25, -0.2) is 0 Å². The van der Waals surface area contributed by atoms with Gasteiger partial charge >= 0.3 is 0 Å². The fourth-order valence-corrected chi connectivity index (χ4v) is 2.58. The Morgan fingerprint density at radius 1 is 1.23 bits per heavy atom. The molecule has 1 aromatic carbocycles. The van der Waals surface area contributed by atoms with Crippen LogP contribution in [0.2, 0.25) is 0 Å². The van der Waals surface area contributed by atoms with E-state index in [1.807, 2.05) is 11.8 Å². The predicted octanol–water partition coefficient (Wildman–Crippen LogP) is 3.21. The average molecular weight is 193 g/mol. The maximum Gasteiger partial charge on any atom is 0.0481 e. The maximum absolute atomic E-state index is 3.47. The van der Waals surface area contributed by atoms with Gasteiger partial charge in [0.2, 0.25) is 0 Å². The number of benzene rings is 1. The number of fused-ring (bicyclic) bond motifs is 1. The predicted molar refractivity (Wildman–Crippen MR) is 59.7 cm³/mol. The van der Waals surface area contributed by atoms with E-state index in [4.69, 9.17) is 0 Å². The fraction of sp³-hybridized carbons (Fsp3) is 0.455. The molecule has 1 aliphatic heterocycles. The molecule has 0 radical (unpaired) electrons. The van der Waals surface area contributed by atoms with Crippen molar-refractivity contribution in [2.24, 2.45) is 0 Å². The lowest BCUT2D eigenvalue weighted by molar-refractivity contribution is 0.998. The van der Waals surface area contributed by atoms with E-state index in [1.165, 1.54) is 33.9 Å². The largest absolute Gasteiger partial charge is 0.384 e. The van der Waals surface area contributed by atoms with Gasteiger partial charge in [0, 0.05) is 17.1 Å². The third-order valence-corrected chi connectivity index (χ3v) is 3.63. The van der Waals surface area contributed by atoms with Gasteiger partial charge in [-0.1, -0.05) is 0 Å². The van der Waals surface area contributed by atoms with Crippen molar-refractivity contribution in [3.63, 3.8) is 0 Å². The lowest BCUT2D eigenvalue weighted by Crippen LogP contribution is -2.00. The van der Waals surface area contributed by atoms with Crippen LogP contribution < -0.4 is 5.32 Å². The molecule has 1 aliphatic rings. The molecule has 0 atom stereocenters. The normalized spacial score (nSPS) is 15.8. The first-order valence-corrected chi connectivity index (χ1v) is 5.74. The minimum Gasteiger partial charge on any atom is -0.384 e. The Kier molecular flexibility index (Phi) is 2.49.